The van der Waals surface area contributed by atoms with Gasteiger partial charge in [-0.3, -0.25) is 0 Å². The summed E-state index contributed by atoms with van der Waals surface area (Å²) in [5.41, 5.74) is 7.32. The van der Waals surface area contributed by atoms with E-state index >= 15 is 0 Å². The molecule has 0 aliphatic rings. The quantitative estimate of drug-likeness (QED) is 0.165. The summed E-state index contributed by atoms with van der Waals surface area (Å²) in [6.07, 6.45) is 0. The molecule has 0 saturated carbocycles. The van der Waals surface area contributed by atoms with Crippen molar-refractivity contribution in [3.63, 3.8) is 0 Å². The van der Waals surface area contributed by atoms with E-state index in [2.05, 4.69) is 30.3 Å². The Labute approximate surface area is 331 Å². The van der Waals surface area contributed by atoms with Gasteiger partial charge in [0.25, 0.3) is 0 Å². The molecular weight excluding hydrogens is 671 g/mol. The molecule has 0 saturated heterocycles. The molecule has 0 radical (unpaired) electrons. The van der Waals surface area contributed by atoms with Gasteiger partial charge < -0.3 is 4.42 Å². The maximum absolute atomic E-state index is 9.21. The third-order valence-corrected chi connectivity index (χ3v) is 9.51. The van der Waals surface area contributed by atoms with Crippen LogP contribution < -0.4 is 0 Å². The van der Waals surface area contributed by atoms with Crippen molar-refractivity contribution in [2.45, 2.75) is 0 Å². The molecule has 0 bridgehead atoms. The molecule has 10 aromatic rings. The van der Waals surface area contributed by atoms with Crippen molar-refractivity contribution in [1.82, 2.24) is 15.0 Å². The molecule has 0 amide bonds. The molecule has 55 heavy (non-hydrogen) atoms. The monoisotopic (exact) mass is 712 g/mol. The van der Waals surface area contributed by atoms with E-state index in [1.165, 1.54) is 0 Å². The van der Waals surface area contributed by atoms with Crippen molar-refractivity contribution in [2.24, 2.45) is 0 Å². The predicted octanol–water partition coefficient (Wildman–Crippen LogP) is 13.4. The van der Waals surface area contributed by atoms with Crippen molar-refractivity contribution in [1.29, 1.82) is 0 Å². The van der Waals surface area contributed by atoms with E-state index < -0.39 is 65.5 Å². The van der Waals surface area contributed by atoms with Crippen LogP contribution in [0.4, 0.5) is 0 Å². The first-order chi connectivity index (χ1) is 31.0. The number of nitrogens with zero attached hydrogens (tertiary/aromatic N) is 3. The van der Waals surface area contributed by atoms with Crippen molar-refractivity contribution in [3.05, 3.63) is 200 Å². The summed E-state index contributed by atoms with van der Waals surface area (Å²) in [7, 11) is 0. The Kier molecular flexibility index (Phi) is 6.04. The Morgan fingerprint density at radius 2 is 0.818 bits per heavy atom. The van der Waals surface area contributed by atoms with Gasteiger partial charge in [-0.1, -0.05) is 176 Å². The van der Waals surface area contributed by atoms with Gasteiger partial charge in [0.05, 0.1) is 12.3 Å². The minimum absolute atomic E-state index is 0.152. The SMILES string of the molecule is [2H]c1c([2H])c([2H])c(-c2c([2H])c([2H])c(-c3nc(-c4ccc(-c5ccccc5)cc4)nc(-c4ccc5c(c4)oc4cc(-c6ccccc6)cc(-c6ccccc6)c45)n3)c([2H])c2[2H])c([2H])c1[2H]. The first kappa shape index (κ1) is 24.0. The highest BCUT2D eigenvalue weighted by atomic mass is 16.3. The molecule has 0 N–H and O–H groups in total. The number of aromatic nitrogens is 3. The van der Waals surface area contributed by atoms with Crippen molar-refractivity contribution < 1.29 is 16.8 Å². The van der Waals surface area contributed by atoms with Crippen LogP contribution >= 0.6 is 0 Å². The van der Waals surface area contributed by atoms with Crippen molar-refractivity contribution in [2.75, 3.05) is 0 Å². The molecule has 258 valence electrons. The maximum Gasteiger partial charge on any atom is 0.164 e. The summed E-state index contributed by atoms with van der Waals surface area (Å²) >= 11 is 0. The fourth-order valence-electron chi connectivity index (χ4n) is 6.80. The maximum atomic E-state index is 9.21. The minimum atomic E-state index is -0.656. The van der Waals surface area contributed by atoms with Crippen LogP contribution in [0.3, 0.4) is 0 Å². The van der Waals surface area contributed by atoms with Crippen LogP contribution in [0.1, 0.15) is 12.3 Å². The average molecular weight is 713 g/mol. The number of hydrogen-bond acceptors (Lipinski definition) is 4. The first-order valence-electron chi connectivity index (χ1n) is 22.2. The van der Waals surface area contributed by atoms with Gasteiger partial charge in [-0.2, -0.15) is 0 Å². The summed E-state index contributed by atoms with van der Waals surface area (Å²) in [6, 6.07) is 42.0. The molecule has 0 aliphatic carbocycles. The Morgan fingerprint density at radius 1 is 0.345 bits per heavy atom. The number of rotatable bonds is 7. The van der Waals surface area contributed by atoms with Crippen LogP contribution in [0.5, 0.6) is 0 Å². The van der Waals surface area contributed by atoms with Gasteiger partial charge in [-0.25, -0.2) is 15.0 Å². The summed E-state index contributed by atoms with van der Waals surface area (Å²) in [6.45, 7) is 0. The molecular formula is C51H33N3O. The zero-order chi connectivity index (χ0) is 44.4. The molecule has 0 fully saturated rings. The topological polar surface area (TPSA) is 51.8 Å². The van der Waals surface area contributed by atoms with E-state index in [9.17, 15) is 2.74 Å². The molecule has 4 heteroatoms. The Hall–Kier alpha value is -7.43. The molecule has 0 unspecified atom stereocenters. The van der Waals surface area contributed by atoms with E-state index in [-0.39, 0.29) is 23.0 Å². The molecule has 10 rings (SSSR count). The third-order valence-electron chi connectivity index (χ3n) is 9.51. The van der Waals surface area contributed by atoms with E-state index in [0.717, 1.165) is 44.2 Å². The van der Waals surface area contributed by atoms with Crippen LogP contribution in [0.15, 0.2) is 204 Å². The Morgan fingerprint density at radius 3 is 1.47 bits per heavy atom. The lowest BCUT2D eigenvalue weighted by Crippen LogP contribution is -2.00. The second kappa shape index (κ2) is 13.8. The van der Waals surface area contributed by atoms with Gasteiger partial charge in [0.2, 0.25) is 0 Å². The summed E-state index contributed by atoms with van der Waals surface area (Å²) in [5.74, 6) is 0.226. The summed E-state index contributed by atoms with van der Waals surface area (Å²) in [4.78, 5) is 14.5. The van der Waals surface area contributed by atoms with E-state index in [1.807, 2.05) is 115 Å². The predicted molar refractivity (Wildman–Crippen MR) is 225 cm³/mol. The molecule has 8 aromatic carbocycles. The summed E-state index contributed by atoms with van der Waals surface area (Å²) in [5, 5.41) is 1.80. The first-order valence-corrected chi connectivity index (χ1v) is 17.7. The highest BCUT2D eigenvalue weighted by Crippen LogP contribution is 2.41. The largest absolute Gasteiger partial charge is 0.456 e. The van der Waals surface area contributed by atoms with Crippen LogP contribution in [0.25, 0.3) is 101 Å². The van der Waals surface area contributed by atoms with E-state index in [0.29, 0.717) is 22.3 Å². The van der Waals surface area contributed by atoms with Crippen molar-refractivity contribution >= 4 is 21.9 Å². The van der Waals surface area contributed by atoms with Gasteiger partial charge in [-0.05, 0) is 68.8 Å². The van der Waals surface area contributed by atoms with Crippen LogP contribution in [-0.4, -0.2) is 15.0 Å². The fourth-order valence-corrected chi connectivity index (χ4v) is 6.80. The molecule has 0 atom stereocenters. The molecule has 2 heterocycles. The highest BCUT2D eigenvalue weighted by molar-refractivity contribution is 6.14. The molecule has 4 nitrogen and oxygen atoms in total. The lowest BCUT2D eigenvalue weighted by Gasteiger charge is -2.10. The number of hydrogen-bond donors (Lipinski definition) is 0. The number of fused-ring (bicyclic) bond motifs is 3. The lowest BCUT2D eigenvalue weighted by atomic mass is 9.94. The van der Waals surface area contributed by atoms with Gasteiger partial charge in [0.15, 0.2) is 17.5 Å². The van der Waals surface area contributed by atoms with Crippen LogP contribution in [0.2, 0.25) is 0 Å². The van der Waals surface area contributed by atoms with Gasteiger partial charge in [-0.15, -0.1) is 0 Å². The van der Waals surface area contributed by atoms with Gasteiger partial charge in [0, 0.05) is 27.5 Å². The zero-order valence-corrected chi connectivity index (χ0v) is 29.1. The highest BCUT2D eigenvalue weighted by Gasteiger charge is 2.18. The van der Waals surface area contributed by atoms with E-state index in [4.69, 9.17) is 29.0 Å². The third kappa shape index (κ3) is 6.26. The smallest absolute Gasteiger partial charge is 0.164 e. The normalized spacial score (nSPS) is 13.6. The molecule has 2 aromatic heterocycles. The fraction of sp³-hybridized carbons (Fsp3) is 0. The zero-order valence-electron chi connectivity index (χ0n) is 38.1. The summed E-state index contributed by atoms with van der Waals surface area (Å²) < 4.78 is 84.7. The average Bonchev–Trinajstić information content (AvgIpc) is 3.71. The second-order valence-electron chi connectivity index (χ2n) is 12.9. The molecule has 0 aliphatic heterocycles. The lowest BCUT2D eigenvalue weighted by molar-refractivity contribution is 0.669. The van der Waals surface area contributed by atoms with Crippen LogP contribution in [0, 0.1) is 0 Å². The number of benzene rings is 8. The minimum Gasteiger partial charge on any atom is -0.456 e. The molecule has 0 spiro atoms. The standard InChI is InChI=1S/C51H33N3O/c1-5-13-34(14-6-1)37-21-25-40(26-22-37)49-52-50(41-27-23-38(24-28-41)35-15-7-2-8-16-35)54-51(53-49)42-29-30-44-46(32-42)55-47-33-43(36-17-9-3-10-18-36)31-45(48(44)47)39-19-11-4-12-20-39/h1-33H/i1D,5D,6D,13D,14D,21D,22D,25D,26D. The Bertz CT molecular complexity index is 3420. The van der Waals surface area contributed by atoms with Crippen molar-refractivity contribution in [3.8, 4) is 78.7 Å². The number of furan rings is 1. The van der Waals surface area contributed by atoms with E-state index in [1.54, 1.807) is 0 Å². The second-order valence-corrected chi connectivity index (χ2v) is 12.9. The van der Waals surface area contributed by atoms with Gasteiger partial charge in [0.1, 0.15) is 11.2 Å². The Balaban J connectivity index is 1.17. The van der Waals surface area contributed by atoms with Crippen LogP contribution in [-0.2, 0) is 0 Å². The van der Waals surface area contributed by atoms with Gasteiger partial charge >= 0.3 is 0 Å².